The lowest BCUT2D eigenvalue weighted by atomic mass is 10.3. The van der Waals surface area contributed by atoms with E-state index in [9.17, 15) is 4.79 Å². The van der Waals surface area contributed by atoms with Gasteiger partial charge in [-0.3, -0.25) is 0 Å². The summed E-state index contributed by atoms with van der Waals surface area (Å²) in [5.41, 5.74) is 0. The molecule has 5 heteroatoms. The number of benzene rings is 4. The molecule has 4 aromatic carbocycles. The lowest BCUT2D eigenvalue weighted by Gasteiger charge is -2.27. The fourth-order valence-corrected chi connectivity index (χ4v) is 7.77. The summed E-state index contributed by atoms with van der Waals surface area (Å²) in [4.78, 5) is 9.45. The van der Waals surface area contributed by atoms with E-state index in [1.54, 1.807) is 0 Å². The molecule has 0 saturated carbocycles. The molecule has 0 fully saturated rings. The molecule has 32 heavy (non-hydrogen) atoms. The van der Waals surface area contributed by atoms with Gasteiger partial charge in [-0.15, -0.1) is 0 Å². The van der Waals surface area contributed by atoms with Crippen molar-refractivity contribution in [3.8, 4) is 0 Å². The lowest BCUT2D eigenvalue weighted by molar-refractivity contribution is -0.145. The molecule has 1 unspecified atom stereocenters. The van der Waals surface area contributed by atoms with Crippen LogP contribution in [-0.2, 0) is 4.79 Å². The van der Waals surface area contributed by atoms with E-state index in [4.69, 9.17) is 10.2 Å². The van der Waals surface area contributed by atoms with Gasteiger partial charge in [-0.2, -0.15) is 0 Å². The van der Waals surface area contributed by atoms with Gasteiger partial charge in [0.1, 0.15) is 34.6 Å². The Bertz CT molecular complexity index is 909. The Kier molecular flexibility index (Phi) is 9.61. The van der Waals surface area contributed by atoms with Crippen LogP contribution in [0.25, 0.3) is 0 Å². The van der Waals surface area contributed by atoms with Crippen LogP contribution in [0.15, 0.2) is 121 Å². The number of rotatable bonds is 5. The summed E-state index contributed by atoms with van der Waals surface area (Å²) >= 11 is 0. The van der Waals surface area contributed by atoms with Crippen molar-refractivity contribution < 1.29 is 27.4 Å². The summed E-state index contributed by atoms with van der Waals surface area (Å²) in [6, 6.07) is 43.8. The fourth-order valence-electron chi connectivity index (χ4n) is 3.50. The van der Waals surface area contributed by atoms with Crippen LogP contribution in [0.5, 0.6) is 0 Å². The van der Waals surface area contributed by atoms with Crippen LogP contribution in [0.2, 0.25) is 0 Å². The Hall–Kier alpha value is -2.97. The van der Waals surface area contributed by atoms with Gasteiger partial charge in [0.2, 0.25) is 0 Å². The highest BCUT2D eigenvalue weighted by atomic mass is 35.5. The smallest absolute Gasteiger partial charge is 0.332 e. The molecule has 0 bridgehead atoms. The molecule has 0 aliphatic rings. The van der Waals surface area contributed by atoms with E-state index in [0.29, 0.717) is 0 Å². The molecule has 0 heterocycles. The third-order valence-corrected chi connectivity index (χ3v) is 9.22. The molecule has 0 spiro atoms. The largest absolute Gasteiger partial charge is 1.00 e. The van der Waals surface area contributed by atoms with Gasteiger partial charge in [0.15, 0.2) is 0 Å². The quantitative estimate of drug-likeness (QED) is 0.429. The van der Waals surface area contributed by atoms with Gasteiger partial charge in [-0.25, -0.2) is 4.79 Å². The minimum Gasteiger partial charge on any atom is -1.00 e. The molecular formula is C27H26ClO3P. The summed E-state index contributed by atoms with van der Waals surface area (Å²) in [5.74, 6) is -1.19. The zero-order chi connectivity index (χ0) is 22.1. The molecule has 1 atom stereocenters. The number of hydrogen-bond acceptors (Lipinski definition) is 2. The van der Waals surface area contributed by atoms with Crippen LogP contribution in [0.3, 0.4) is 0 Å². The Balaban J connectivity index is 0.000000461. The fraction of sp³-hybridized carbons (Fsp3) is 0.0741. The highest BCUT2D eigenvalue weighted by Gasteiger charge is 2.47. The Labute approximate surface area is 196 Å². The molecule has 0 saturated heterocycles. The van der Waals surface area contributed by atoms with E-state index in [1.165, 1.54) is 28.1 Å². The first-order valence-electron chi connectivity index (χ1n) is 10.1. The number of aliphatic hydroxyl groups is 1. The van der Waals surface area contributed by atoms with E-state index < -0.39 is 19.3 Å². The predicted molar refractivity (Wildman–Crippen MR) is 131 cm³/mol. The van der Waals surface area contributed by atoms with Gasteiger partial charge in [0.05, 0.1) is 0 Å². The molecular weight excluding hydrogens is 439 g/mol. The molecule has 0 radical (unpaired) electrons. The summed E-state index contributed by atoms with van der Waals surface area (Å²) in [6.07, 6.45) is -1.23. The SMILES string of the molecule is CC(O)C(=O)O.[Cl-].c1ccc([P+](c2ccccc2)(c2ccccc2)c2ccccc2)cc1. The van der Waals surface area contributed by atoms with E-state index in [-0.39, 0.29) is 12.4 Å². The monoisotopic (exact) mass is 464 g/mol. The Morgan fingerprint density at radius 2 is 0.781 bits per heavy atom. The average molecular weight is 465 g/mol. The first-order valence-corrected chi connectivity index (χ1v) is 11.9. The van der Waals surface area contributed by atoms with Crippen molar-refractivity contribution in [2.45, 2.75) is 13.0 Å². The zero-order valence-corrected chi connectivity index (χ0v) is 19.4. The number of carboxylic acids is 1. The normalized spacial score (nSPS) is 11.3. The summed E-state index contributed by atoms with van der Waals surface area (Å²) < 4.78 is 0. The van der Waals surface area contributed by atoms with Crippen LogP contribution >= 0.6 is 7.26 Å². The summed E-state index contributed by atoms with van der Waals surface area (Å²) in [5, 5.41) is 21.3. The number of carbonyl (C=O) groups is 1. The number of hydrogen-bond donors (Lipinski definition) is 2. The molecule has 0 aliphatic heterocycles. The standard InChI is InChI=1S/C24H20P.C3H6O3.ClH/c1-5-13-21(14-6-1)25(22-15-7-2-8-16-22,23-17-9-3-10-18-23)24-19-11-4-12-20-24;1-2(4)3(5)6;/h1-20H;2,4H,1H3,(H,5,6);1H/q+1;;/p-1. The molecule has 164 valence electrons. The topological polar surface area (TPSA) is 57.5 Å². The lowest BCUT2D eigenvalue weighted by Crippen LogP contribution is -3.00. The minimum atomic E-state index is -1.91. The first kappa shape index (κ1) is 25.3. The predicted octanol–water partition coefficient (Wildman–Crippen LogP) is 0.762. The number of aliphatic hydroxyl groups excluding tert-OH is 1. The molecule has 4 aromatic rings. The van der Waals surface area contributed by atoms with Crippen molar-refractivity contribution >= 4 is 34.4 Å². The van der Waals surface area contributed by atoms with Crippen molar-refractivity contribution in [3.05, 3.63) is 121 Å². The zero-order valence-electron chi connectivity index (χ0n) is 17.8. The van der Waals surface area contributed by atoms with Crippen LogP contribution in [-0.4, -0.2) is 22.3 Å². The van der Waals surface area contributed by atoms with Gasteiger partial charge in [0.25, 0.3) is 0 Å². The second-order valence-corrected chi connectivity index (χ2v) is 10.4. The maximum Gasteiger partial charge on any atom is 0.332 e. The van der Waals surface area contributed by atoms with Crippen LogP contribution < -0.4 is 33.6 Å². The summed E-state index contributed by atoms with van der Waals surface area (Å²) in [7, 11) is -1.91. The Morgan fingerprint density at radius 3 is 0.938 bits per heavy atom. The van der Waals surface area contributed by atoms with Crippen molar-refractivity contribution in [1.82, 2.24) is 0 Å². The average Bonchev–Trinajstić information content (AvgIpc) is 2.83. The highest BCUT2D eigenvalue weighted by Crippen LogP contribution is 2.53. The molecule has 2 N–H and O–H groups in total. The second kappa shape index (κ2) is 12.2. The molecule has 0 amide bonds. The van der Waals surface area contributed by atoms with Crippen LogP contribution in [0.1, 0.15) is 6.92 Å². The number of carboxylic acid groups (broad SMARTS) is 1. The molecule has 0 aromatic heterocycles. The van der Waals surface area contributed by atoms with Crippen LogP contribution in [0, 0.1) is 0 Å². The number of aliphatic carboxylic acids is 1. The van der Waals surface area contributed by atoms with Gasteiger partial charge >= 0.3 is 5.97 Å². The molecule has 3 nitrogen and oxygen atoms in total. The molecule has 4 rings (SSSR count). The van der Waals surface area contributed by atoms with E-state index in [2.05, 4.69) is 121 Å². The van der Waals surface area contributed by atoms with Gasteiger partial charge in [-0.05, 0) is 55.5 Å². The molecule has 0 aliphatic carbocycles. The van der Waals surface area contributed by atoms with E-state index >= 15 is 0 Å². The maximum absolute atomic E-state index is 9.45. The highest BCUT2D eigenvalue weighted by molar-refractivity contribution is 8.01. The van der Waals surface area contributed by atoms with Crippen molar-refractivity contribution in [3.63, 3.8) is 0 Å². The number of halogens is 1. The minimum absolute atomic E-state index is 0. The third-order valence-electron chi connectivity index (χ3n) is 4.93. The third kappa shape index (κ3) is 5.63. The second-order valence-electron chi connectivity index (χ2n) is 7.03. The van der Waals surface area contributed by atoms with E-state index in [1.807, 2.05) is 0 Å². The van der Waals surface area contributed by atoms with Gasteiger partial charge in [-0.1, -0.05) is 72.8 Å². The van der Waals surface area contributed by atoms with Gasteiger partial charge in [0, 0.05) is 0 Å². The maximum atomic E-state index is 9.45. The van der Waals surface area contributed by atoms with Crippen molar-refractivity contribution in [2.24, 2.45) is 0 Å². The first-order chi connectivity index (χ1) is 15.1. The van der Waals surface area contributed by atoms with Crippen LogP contribution in [0.4, 0.5) is 0 Å². The van der Waals surface area contributed by atoms with Crippen molar-refractivity contribution in [1.29, 1.82) is 0 Å². The Morgan fingerprint density at radius 1 is 0.594 bits per heavy atom. The van der Waals surface area contributed by atoms with Crippen molar-refractivity contribution in [2.75, 3.05) is 0 Å². The van der Waals surface area contributed by atoms with Gasteiger partial charge < -0.3 is 22.6 Å². The van der Waals surface area contributed by atoms with E-state index in [0.717, 1.165) is 0 Å². The summed E-state index contributed by atoms with van der Waals surface area (Å²) in [6.45, 7) is 1.20.